The van der Waals surface area contributed by atoms with Crippen molar-refractivity contribution in [2.75, 3.05) is 7.11 Å². The zero-order valence-corrected chi connectivity index (χ0v) is 17.5. The van der Waals surface area contributed by atoms with Crippen molar-refractivity contribution in [2.24, 2.45) is 0 Å². The number of nitriles is 1. The van der Waals surface area contributed by atoms with Gasteiger partial charge in [-0.1, -0.05) is 24.3 Å². The summed E-state index contributed by atoms with van der Waals surface area (Å²) in [6, 6.07) is 21.7. The largest absolute Gasteiger partial charge is 0.497 e. The molecule has 0 aromatic heterocycles. The van der Waals surface area contributed by atoms with E-state index >= 15 is 0 Å². The maximum atomic E-state index is 12.7. The minimum Gasteiger partial charge on any atom is -0.497 e. The third-order valence-electron chi connectivity index (χ3n) is 5.27. The van der Waals surface area contributed by atoms with Gasteiger partial charge in [-0.2, -0.15) is 5.26 Å². The van der Waals surface area contributed by atoms with Crippen molar-refractivity contribution in [1.82, 2.24) is 10.2 Å². The van der Waals surface area contributed by atoms with E-state index < -0.39 is 11.8 Å². The first-order valence-corrected chi connectivity index (χ1v) is 10.1. The number of ether oxygens (including phenoxy) is 1. The first kappa shape index (κ1) is 20.9. The Morgan fingerprint density at radius 1 is 1.03 bits per heavy atom. The van der Waals surface area contributed by atoms with E-state index in [0.29, 0.717) is 35.5 Å². The molecular formula is C26H21N3O3. The number of hydrogen-bond acceptors (Lipinski definition) is 5. The molecule has 0 spiro atoms. The van der Waals surface area contributed by atoms with Crippen molar-refractivity contribution < 1.29 is 14.3 Å². The molecule has 0 bridgehead atoms. The highest BCUT2D eigenvalue weighted by Gasteiger charge is 2.17. The second-order valence-corrected chi connectivity index (χ2v) is 7.46. The lowest BCUT2D eigenvalue weighted by atomic mass is 10.00. The van der Waals surface area contributed by atoms with Crippen molar-refractivity contribution in [3.8, 4) is 11.8 Å². The summed E-state index contributed by atoms with van der Waals surface area (Å²) >= 11 is 0. The van der Waals surface area contributed by atoms with Crippen LogP contribution in [0.3, 0.4) is 0 Å². The highest BCUT2D eigenvalue weighted by Crippen LogP contribution is 2.23. The van der Waals surface area contributed by atoms with Crippen molar-refractivity contribution in [1.29, 1.82) is 5.26 Å². The predicted octanol–water partition coefficient (Wildman–Crippen LogP) is 4.12. The molecule has 1 heterocycles. The van der Waals surface area contributed by atoms with Crippen molar-refractivity contribution >= 4 is 17.9 Å². The molecule has 1 aliphatic heterocycles. The van der Waals surface area contributed by atoms with Crippen LogP contribution in [-0.2, 0) is 13.1 Å². The molecular weight excluding hydrogens is 402 g/mol. The van der Waals surface area contributed by atoms with Gasteiger partial charge in [-0.15, -0.1) is 0 Å². The number of nitrogens with one attached hydrogen (secondary N) is 1. The van der Waals surface area contributed by atoms with Crippen molar-refractivity contribution in [3.63, 3.8) is 0 Å². The fraction of sp³-hybridized carbons (Fsp3) is 0.115. The maximum Gasteiger partial charge on any atom is 0.258 e. The minimum atomic E-state index is -0.478. The highest BCUT2D eigenvalue weighted by atomic mass is 16.5. The monoisotopic (exact) mass is 423 g/mol. The zero-order chi connectivity index (χ0) is 22.5. The molecule has 2 amide bonds. The number of methoxy groups -OCH3 is 1. The van der Waals surface area contributed by atoms with Crippen LogP contribution in [0.4, 0.5) is 0 Å². The molecule has 4 rings (SSSR count). The Kier molecular flexibility index (Phi) is 6.00. The number of carbonyl (C=O) groups excluding carboxylic acids is 2. The topological polar surface area (TPSA) is 82.4 Å². The lowest BCUT2D eigenvalue weighted by molar-refractivity contribution is 0.0849. The summed E-state index contributed by atoms with van der Waals surface area (Å²) in [7, 11) is 1.52. The van der Waals surface area contributed by atoms with Gasteiger partial charge < -0.3 is 9.64 Å². The van der Waals surface area contributed by atoms with Crippen LogP contribution >= 0.6 is 0 Å². The SMILES string of the molecule is COc1cccc(C(=O)NC(=O)c2ccc3c(c2)CN(Cc2ccc(C#N)cc2)C=C3)c1. The summed E-state index contributed by atoms with van der Waals surface area (Å²) in [6.07, 6.45) is 4.03. The second kappa shape index (κ2) is 9.19. The number of carbonyl (C=O) groups is 2. The lowest BCUT2D eigenvalue weighted by Crippen LogP contribution is -2.30. The molecule has 158 valence electrons. The lowest BCUT2D eigenvalue weighted by Gasteiger charge is -2.26. The van der Waals surface area contributed by atoms with Gasteiger partial charge in [0.2, 0.25) is 0 Å². The second-order valence-electron chi connectivity index (χ2n) is 7.46. The normalized spacial score (nSPS) is 11.9. The van der Waals surface area contributed by atoms with Gasteiger partial charge in [0.25, 0.3) is 11.8 Å². The molecule has 0 saturated carbocycles. The van der Waals surface area contributed by atoms with Gasteiger partial charge in [-0.05, 0) is 65.2 Å². The third kappa shape index (κ3) is 4.68. The van der Waals surface area contributed by atoms with Crippen LogP contribution in [0.15, 0.2) is 72.9 Å². The fourth-order valence-corrected chi connectivity index (χ4v) is 3.54. The fourth-order valence-electron chi connectivity index (χ4n) is 3.54. The van der Waals surface area contributed by atoms with E-state index in [9.17, 15) is 9.59 Å². The summed E-state index contributed by atoms with van der Waals surface area (Å²) < 4.78 is 5.13. The molecule has 1 N–H and O–H groups in total. The van der Waals surface area contributed by atoms with E-state index in [4.69, 9.17) is 10.00 Å². The summed E-state index contributed by atoms with van der Waals surface area (Å²) in [5, 5.41) is 11.4. The summed E-state index contributed by atoms with van der Waals surface area (Å²) in [4.78, 5) is 27.3. The van der Waals surface area contributed by atoms with Crippen LogP contribution in [0.25, 0.3) is 6.08 Å². The van der Waals surface area contributed by atoms with Crippen LogP contribution < -0.4 is 10.1 Å². The molecule has 0 aliphatic carbocycles. The van der Waals surface area contributed by atoms with E-state index in [1.165, 1.54) is 7.11 Å². The van der Waals surface area contributed by atoms with Gasteiger partial charge in [0.05, 0.1) is 18.7 Å². The first-order chi connectivity index (χ1) is 15.6. The van der Waals surface area contributed by atoms with E-state index in [0.717, 1.165) is 16.7 Å². The minimum absolute atomic E-state index is 0.354. The van der Waals surface area contributed by atoms with Crippen LogP contribution in [-0.4, -0.2) is 23.8 Å². The molecule has 32 heavy (non-hydrogen) atoms. The third-order valence-corrected chi connectivity index (χ3v) is 5.27. The Labute approximate surface area is 186 Å². The molecule has 6 nitrogen and oxygen atoms in total. The number of rotatable bonds is 5. The predicted molar refractivity (Wildman–Crippen MR) is 121 cm³/mol. The van der Waals surface area contributed by atoms with Crippen LogP contribution in [0.2, 0.25) is 0 Å². The Hall–Kier alpha value is -4.37. The quantitative estimate of drug-likeness (QED) is 0.624. The van der Waals surface area contributed by atoms with Gasteiger partial charge in [0.15, 0.2) is 0 Å². The van der Waals surface area contributed by atoms with Gasteiger partial charge in [-0.25, -0.2) is 0 Å². The number of imide groups is 1. The number of amides is 2. The number of nitrogens with zero attached hydrogens (tertiary/aromatic N) is 2. The number of hydrogen-bond donors (Lipinski definition) is 1. The Balaban J connectivity index is 1.44. The molecule has 1 aliphatic rings. The molecule has 0 saturated heterocycles. The van der Waals surface area contributed by atoms with E-state index in [1.54, 1.807) is 42.5 Å². The molecule has 3 aromatic carbocycles. The zero-order valence-electron chi connectivity index (χ0n) is 17.5. The Bertz CT molecular complexity index is 1240. The summed E-state index contributed by atoms with van der Waals surface area (Å²) in [5.41, 5.74) is 4.54. The Morgan fingerprint density at radius 2 is 1.78 bits per heavy atom. The first-order valence-electron chi connectivity index (χ1n) is 10.1. The average molecular weight is 423 g/mol. The van der Waals surface area contributed by atoms with E-state index in [1.807, 2.05) is 36.5 Å². The average Bonchev–Trinajstić information content (AvgIpc) is 2.84. The number of fused-ring (bicyclic) bond motifs is 1. The highest BCUT2D eigenvalue weighted by molar-refractivity contribution is 6.10. The molecule has 0 unspecified atom stereocenters. The molecule has 0 fully saturated rings. The van der Waals surface area contributed by atoms with Gasteiger partial charge in [0.1, 0.15) is 5.75 Å². The molecule has 0 radical (unpaired) electrons. The maximum absolute atomic E-state index is 12.7. The van der Waals surface area contributed by atoms with Crippen molar-refractivity contribution in [3.05, 3.63) is 106 Å². The van der Waals surface area contributed by atoms with Gasteiger partial charge >= 0.3 is 0 Å². The van der Waals surface area contributed by atoms with Crippen LogP contribution in [0.1, 0.15) is 43.0 Å². The Morgan fingerprint density at radius 3 is 2.50 bits per heavy atom. The standard InChI is InChI=1S/C26H21N3O3/c1-32-24-4-2-3-21(14-24)25(30)28-26(31)22-10-9-20-11-12-29(17-23(20)13-22)16-19-7-5-18(15-27)6-8-19/h2-14H,16-17H2,1H3,(H,28,30,31). The van der Waals surface area contributed by atoms with Crippen LogP contribution in [0.5, 0.6) is 5.75 Å². The smallest absolute Gasteiger partial charge is 0.258 e. The molecule has 6 heteroatoms. The summed E-state index contributed by atoms with van der Waals surface area (Å²) in [5.74, 6) is -0.379. The van der Waals surface area contributed by atoms with Crippen LogP contribution in [0, 0.1) is 11.3 Å². The van der Waals surface area contributed by atoms with Gasteiger partial charge in [0, 0.05) is 30.4 Å². The van der Waals surface area contributed by atoms with Gasteiger partial charge in [-0.3, -0.25) is 14.9 Å². The summed E-state index contributed by atoms with van der Waals surface area (Å²) in [6.45, 7) is 1.32. The number of benzene rings is 3. The molecule has 3 aromatic rings. The molecule has 0 atom stereocenters. The van der Waals surface area contributed by atoms with E-state index in [2.05, 4.69) is 16.3 Å². The van der Waals surface area contributed by atoms with E-state index in [-0.39, 0.29) is 0 Å². The van der Waals surface area contributed by atoms with Crippen molar-refractivity contribution in [2.45, 2.75) is 13.1 Å².